The number of ketones is 1. The molecule has 0 fully saturated rings. The molecule has 0 aliphatic rings. The fourth-order valence-corrected chi connectivity index (χ4v) is 4.20. The number of anilines is 1. The van der Waals surface area contributed by atoms with Gasteiger partial charge in [0.2, 0.25) is 21.8 Å². The van der Waals surface area contributed by atoms with Crippen molar-refractivity contribution in [1.29, 1.82) is 0 Å². The molecule has 0 saturated carbocycles. The Hall–Kier alpha value is -3.20. The van der Waals surface area contributed by atoms with E-state index in [1.54, 1.807) is 19.1 Å². The van der Waals surface area contributed by atoms with Crippen LogP contribution in [0.5, 0.6) is 0 Å². The second-order valence-corrected chi connectivity index (χ2v) is 10.3. The number of carbonyl (C=O) groups excluding carboxylic acids is 3. The quantitative estimate of drug-likeness (QED) is 0.491. The highest BCUT2D eigenvalue weighted by Gasteiger charge is 2.30. The molecule has 34 heavy (non-hydrogen) atoms. The molecule has 0 aromatic heterocycles. The number of carbonyl (C=O) groups is 3. The van der Waals surface area contributed by atoms with E-state index < -0.39 is 28.5 Å². The lowest BCUT2D eigenvalue weighted by atomic mass is 10.1. The van der Waals surface area contributed by atoms with Crippen LogP contribution < -0.4 is 9.62 Å². The Labute approximate surface area is 202 Å². The highest BCUT2D eigenvalue weighted by Crippen LogP contribution is 2.21. The van der Waals surface area contributed by atoms with Gasteiger partial charge in [0.1, 0.15) is 12.6 Å². The van der Waals surface area contributed by atoms with Gasteiger partial charge in [0.25, 0.3) is 0 Å². The summed E-state index contributed by atoms with van der Waals surface area (Å²) in [5.41, 5.74) is 2.42. The predicted molar refractivity (Wildman–Crippen MR) is 133 cm³/mol. The number of Topliss-reactive ketones (excluding diaryl/α,β-unsaturated/α-hetero) is 1. The summed E-state index contributed by atoms with van der Waals surface area (Å²) in [5.74, 6) is -1.06. The van der Waals surface area contributed by atoms with Crippen LogP contribution in [0.25, 0.3) is 0 Å². The van der Waals surface area contributed by atoms with Gasteiger partial charge >= 0.3 is 0 Å². The van der Waals surface area contributed by atoms with Crippen molar-refractivity contribution in [2.75, 3.05) is 23.7 Å². The van der Waals surface area contributed by atoms with Crippen LogP contribution in [0.2, 0.25) is 0 Å². The number of benzene rings is 2. The van der Waals surface area contributed by atoms with E-state index in [4.69, 9.17) is 0 Å². The molecule has 2 aromatic carbocycles. The molecular weight excluding hydrogens is 454 g/mol. The minimum absolute atomic E-state index is 0.144. The third-order valence-corrected chi connectivity index (χ3v) is 6.55. The summed E-state index contributed by atoms with van der Waals surface area (Å²) >= 11 is 0. The molecule has 0 aliphatic heterocycles. The largest absolute Gasteiger partial charge is 0.354 e. The van der Waals surface area contributed by atoms with E-state index >= 15 is 0 Å². The van der Waals surface area contributed by atoms with Crippen molar-refractivity contribution < 1.29 is 22.8 Å². The van der Waals surface area contributed by atoms with Gasteiger partial charge in [0.15, 0.2) is 5.78 Å². The van der Waals surface area contributed by atoms with Gasteiger partial charge in [-0.05, 0) is 44.9 Å². The topological polar surface area (TPSA) is 104 Å². The van der Waals surface area contributed by atoms with Crippen LogP contribution in [-0.4, -0.2) is 56.3 Å². The average molecular weight is 488 g/mol. The molecule has 0 radical (unpaired) electrons. The molecule has 2 rings (SSSR count). The Kier molecular flexibility index (Phi) is 9.37. The Morgan fingerprint density at radius 2 is 1.71 bits per heavy atom. The van der Waals surface area contributed by atoms with Gasteiger partial charge in [-0.1, -0.05) is 48.9 Å². The van der Waals surface area contributed by atoms with Crippen molar-refractivity contribution >= 4 is 33.3 Å². The first kappa shape index (κ1) is 27.0. The molecule has 2 aromatic rings. The van der Waals surface area contributed by atoms with Crippen LogP contribution in [0.4, 0.5) is 5.69 Å². The lowest BCUT2D eigenvalue weighted by Gasteiger charge is -2.31. The first-order valence-corrected chi connectivity index (χ1v) is 13.0. The third kappa shape index (κ3) is 7.41. The first-order chi connectivity index (χ1) is 15.9. The summed E-state index contributed by atoms with van der Waals surface area (Å²) in [6, 6.07) is 12.9. The fraction of sp³-hybridized carbons (Fsp3) is 0.400. The lowest BCUT2D eigenvalue weighted by Crippen LogP contribution is -2.51. The number of sulfonamides is 1. The summed E-state index contributed by atoms with van der Waals surface area (Å²) in [6.45, 7) is 7.00. The molecule has 0 unspecified atom stereocenters. The van der Waals surface area contributed by atoms with Gasteiger partial charge in [-0.15, -0.1) is 0 Å². The number of aryl methyl sites for hydroxylation is 1. The summed E-state index contributed by atoms with van der Waals surface area (Å²) in [4.78, 5) is 39.3. The van der Waals surface area contributed by atoms with Crippen LogP contribution in [0, 0.1) is 6.92 Å². The molecule has 1 N–H and O–H groups in total. The van der Waals surface area contributed by atoms with Crippen LogP contribution in [0.3, 0.4) is 0 Å². The monoisotopic (exact) mass is 487 g/mol. The van der Waals surface area contributed by atoms with Crippen molar-refractivity contribution in [2.45, 2.75) is 46.7 Å². The van der Waals surface area contributed by atoms with Gasteiger partial charge in [-0.3, -0.25) is 18.7 Å². The summed E-state index contributed by atoms with van der Waals surface area (Å²) in [5, 5.41) is 2.80. The molecule has 0 bridgehead atoms. The Morgan fingerprint density at radius 3 is 2.26 bits per heavy atom. The van der Waals surface area contributed by atoms with E-state index in [9.17, 15) is 22.8 Å². The van der Waals surface area contributed by atoms with Crippen LogP contribution in [-0.2, 0) is 26.2 Å². The standard InChI is InChI=1S/C25H33N3O5S/c1-6-14-26-25(31)19(3)27(16-21-12-10-18(2)11-13-21)24(30)17-28(34(5,32)33)23-9-7-8-22(15-23)20(4)29/h7-13,15,19H,6,14,16-17H2,1-5H3,(H,26,31)/t19-/m0/s1. The molecule has 0 aliphatic carbocycles. The van der Waals surface area contributed by atoms with Crippen LogP contribution in [0.1, 0.15) is 48.7 Å². The van der Waals surface area contributed by atoms with Gasteiger partial charge in [0.05, 0.1) is 11.9 Å². The van der Waals surface area contributed by atoms with Crippen molar-refractivity contribution in [3.8, 4) is 0 Å². The Bertz CT molecular complexity index is 1130. The maximum atomic E-state index is 13.5. The molecule has 9 heteroatoms. The zero-order valence-corrected chi connectivity index (χ0v) is 21.2. The van der Waals surface area contributed by atoms with Gasteiger partial charge in [-0.2, -0.15) is 0 Å². The maximum Gasteiger partial charge on any atom is 0.244 e. The van der Waals surface area contributed by atoms with E-state index in [0.29, 0.717) is 12.1 Å². The summed E-state index contributed by atoms with van der Waals surface area (Å²) in [6.07, 6.45) is 1.75. The fourth-order valence-electron chi connectivity index (χ4n) is 3.36. The zero-order chi connectivity index (χ0) is 25.5. The van der Waals surface area contributed by atoms with Gasteiger partial charge in [-0.25, -0.2) is 8.42 Å². The van der Waals surface area contributed by atoms with Crippen LogP contribution >= 0.6 is 0 Å². The smallest absolute Gasteiger partial charge is 0.244 e. The minimum Gasteiger partial charge on any atom is -0.354 e. The van der Waals surface area contributed by atoms with E-state index in [-0.39, 0.29) is 23.9 Å². The normalized spacial score (nSPS) is 12.0. The molecule has 184 valence electrons. The molecule has 0 spiro atoms. The Balaban J connectivity index is 2.40. The second kappa shape index (κ2) is 11.8. The number of rotatable bonds is 11. The maximum absolute atomic E-state index is 13.5. The second-order valence-electron chi connectivity index (χ2n) is 8.35. The summed E-state index contributed by atoms with van der Waals surface area (Å²) < 4.78 is 26.2. The molecular formula is C25H33N3O5S. The SMILES string of the molecule is CCCNC(=O)[C@H](C)N(Cc1ccc(C)cc1)C(=O)CN(c1cccc(C(C)=O)c1)S(C)(=O)=O. The predicted octanol–water partition coefficient (Wildman–Crippen LogP) is 2.91. The Morgan fingerprint density at radius 1 is 1.06 bits per heavy atom. The first-order valence-electron chi connectivity index (χ1n) is 11.2. The molecule has 8 nitrogen and oxygen atoms in total. The van der Waals surface area contributed by atoms with Crippen molar-refractivity contribution in [1.82, 2.24) is 10.2 Å². The highest BCUT2D eigenvalue weighted by atomic mass is 32.2. The van der Waals surface area contributed by atoms with E-state index in [2.05, 4.69) is 5.32 Å². The number of nitrogens with zero attached hydrogens (tertiary/aromatic N) is 2. The van der Waals surface area contributed by atoms with Gasteiger partial charge < -0.3 is 10.2 Å². The number of hydrogen-bond acceptors (Lipinski definition) is 5. The highest BCUT2D eigenvalue weighted by molar-refractivity contribution is 7.92. The van der Waals surface area contributed by atoms with Crippen molar-refractivity contribution in [3.63, 3.8) is 0 Å². The molecule has 1 atom stereocenters. The molecule has 2 amide bonds. The van der Waals surface area contributed by atoms with Crippen molar-refractivity contribution in [2.24, 2.45) is 0 Å². The number of nitrogens with one attached hydrogen (secondary N) is 1. The number of amides is 2. The minimum atomic E-state index is -3.85. The lowest BCUT2D eigenvalue weighted by molar-refractivity contribution is -0.139. The third-order valence-electron chi connectivity index (χ3n) is 5.41. The van der Waals surface area contributed by atoms with E-state index in [1.807, 2.05) is 38.1 Å². The van der Waals surface area contributed by atoms with Gasteiger partial charge in [0, 0.05) is 18.7 Å². The van der Waals surface area contributed by atoms with Crippen molar-refractivity contribution in [3.05, 3.63) is 65.2 Å². The average Bonchev–Trinajstić information content (AvgIpc) is 2.79. The molecule has 0 heterocycles. The zero-order valence-electron chi connectivity index (χ0n) is 20.4. The van der Waals surface area contributed by atoms with E-state index in [0.717, 1.165) is 28.1 Å². The molecule has 0 saturated heterocycles. The summed E-state index contributed by atoms with van der Waals surface area (Å²) in [7, 11) is -3.85. The number of hydrogen-bond donors (Lipinski definition) is 1. The van der Waals surface area contributed by atoms with Crippen LogP contribution in [0.15, 0.2) is 48.5 Å². The van der Waals surface area contributed by atoms with E-state index in [1.165, 1.54) is 24.0 Å².